The van der Waals surface area contributed by atoms with Crippen LogP contribution in [0.4, 0.5) is 15.8 Å². The lowest BCUT2D eigenvalue weighted by Gasteiger charge is -2.30. The van der Waals surface area contributed by atoms with Gasteiger partial charge < -0.3 is 35.2 Å². The second kappa shape index (κ2) is 14.3. The van der Waals surface area contributed by atoms with Gasteiger partial charge in [0.2, 0.25) is 18.2 Å². The summed E-state index contributed by atoms with van der Waals surface area (Å²) in [6.07, 6.45) is 2.25. The highest BCUT2D eigenvalue weighted by molar-refractivity contribution is 6.34. The number of carbonyl (C=O) groups excluding carboxylic acids is 2. The monoisotopic (exact) mass is 598 g/mol. The SMILES string of the molecule is CC(=O)NCCOc1ncc(-c2cc(F)cc(-c3ccc(N(C=O)CCN(C)C)c(Cl)c3)c2O)cc1N1CCNCC1. The summed E-state index contributed by atoms with van der Waals surface area (Å²) in [6.45, 7) is 6.07. The molecule has 0 unspecified atom stereocenters. The minimum Gasteiger partial charge on any atom is -0.507 e. The van der Waals surface area contributed by atoms with Crippen LogP contribution in [0.5, 0.6) is 11.6 Å². The van der Waals surface area contributed by atoms with Crippen molar-refractivity contribution in [3.63, 3.8) is 0 Å². The molecule has 0 atom stereocenters. The van der Waals surface area contributed by atoms with Crippen molar-refractivity contribution in [1.29, 1.82) is 0 Å². The van der Waals surface area contributed by atoms with Crippen LogP contribution in [0.2, 0.25) is 5.02 Å². The number of aromatic nitrogens is 1. The number of anilines is 2. The van der Waals surface area contributed by atoms with E-state index in [-0.39, 0.29) is 29.4 Å². The normalized spacial score (nSPS) is 13.2. The van der Waals surface area contributed by atoms with E-state index < -0.39 is 5.82 Å². The van der Waals surface area contributed by atoms with Gasteiger partial charge in [0, 0.05) is 69.1 Å². The molecule has 10 nitrogen and oxygen atoms in total. The van der Waals surface area contributed by atoms with Crippen LogP contribution in [0.3, 0.4) is 0 Å². The Labute approximate surface area is 250 Å². The number of benzene rings is 2. The third-order valence-corrected chi connectivity index (χ3v) is 7.18. The first kappa shape index (κ1) is 31.0. The zero-order valence-electron chi connectivity index (χ0n) is 24.0. The van der Waals surface area contributed by atoms with Crippen LogP contribution >= 0.6 is 11.6 Å². The maximum atomic E-state index is 15.0. The molecule has 1 saturated heterocycles. The highest BCUT2D eigenvalue weighted by atomic mass is 35.5. The summed E-state index contributed by atoms with van der Waals surface area (Å²) < 4.78 is 20.9. The second-order valence-corrected chi connectivity index (χ2v) is 10.6. The Morgan fingerprint density at radius 1 is 1.17 bits per heavy atom. The van der Waals surface area contributed by atoms with E-state index >= 15 is 4.39 Å². The molecule has 1 fully saturated rings. The Bertz CT molecular complexity index is 1420. The van der Waals surface area contributed by atoms with Crippen LogP contribution in [0.1, 0.15) is 6.92 Å². The highest BCUT2D eigenvalue weighted by Crippen LogP contribution is 2.42. The summed E-state index contributed by atoms with van der Waals surface area (Å²) in [5, 5.41) is 17.7. The summed E-state index contributed by atoms with van der Waals surface area (Å²) in [6, 6.07) is 9.33. The number of amides is 2. The van der Waals surface area contributed by atoms with Crippen molar-refractivity contribution >= 4 is 35.3 Å². The van der Waals surface area contributed by atoms with Crippen LogP contribution in [0.25, 0.3) is 22.3 Å². The first-order valence-corrected chi connectivity index (χ1v) is 14.1. The lowest BCUT2D eigenvalue weighted by Crippen LogP contribution is -2.43. The maximum absolute atomic E-state index is 15.0. The summed E-state index contributed by atoms with van der Waals surface area (Å²) >= 11 is 6.56. The van der Waals surface area contributed by atoms with Gasteiger partial charge in [-0.15, -0.1) is 0 Å². The van der Waals surface area contributed by atoms with E-state index in [0.717, 1.165) is 19.5 Å². The highest BCUT2D eigenvalue weighted by Gasteiger charge is 2.21. The number of rotatable bonds is 12. The number of hydrogen-bond donors (Lipinski definition) is 3. The summed E-state index contributed by atoms with van der Waals surface area (Å²) in [4.78, 5) is 33.0. The molecule has 1 aliphatic rings. The van der Waals surface area contributed by atoms with Crippen molar-refractivity contribution in [2.75, 3.05) is 76.3 Å². The smallest absolute Gasteiger partial charge is 0.237 e. The summed E-state index contributed by atoms with van der Waals surface area (Å²) in [7, 11) is 3.82. The minimum absolute atomic E-state index is 0.132. The molecule has 0 saturated carbocycles. The van der Waals surface area contributed by atoms with E-state index in [2.05, 4.69) is 20.5 Å². The molecule has 4 rings (SSSR count). The first-order chi connectivity index (χ1) is 20.2. The molecule has 1 aliphatic heterocycles. The lowest BCUT2D eigenvalue weighted by molar-refractivity contribution is -0.119. The van der Waals surface area contributed by atoms with E-state index in [0.29, 0.717) is 66.1 Å². The van der Waals surface area contributed by atoms with E-state index in [4.69, 9.17) is 16.3 Å². The molecule has 0 bridgehead atoms. The number of nitrogens with zero attached hydrogens (tertiary/aromatic N) is 4. The molecule has 2 aromatic carbocycles. The molecule has 3 aromatic rings. The molecule has 0 aliphatic carbocycles. The predicted octanol–water partition coefficient (Wildman–Crippen LogP) is 3.36. The van der Waals surface area contributed by atoms with Crippen molar-refractivity contribution in [1.82, 2.24) is 20.5 Å². The van der Waals surface area contributed by atoms with Gasteiger partial charge in [-0.3, -0.25) is 9.59 Å². The van der Waals surface area contributed by atoms with Gasteiger partial charge in [-0.1, -0.05) is 17.7 Å². The third-order valence-electron chi connectivity index (χ3n) is 6.87. The number of carbonyl (C=O) groups is 2. The van der Waals surface area contributed by atoms with Gasteiger partial charge >= 0.3 is 0 Å². The average molecular weight is 599 g/mol. The Morgan fingerprint density at radius 3 is 2.52 bits per heavy atom. The van der Waals surface area contributed by atoms with E-state index in [1.54, 1.807) is 18.2 Å². The molecule has 1 aromatic heterocycles. The van der Waals surface area contributed by atoms with Gasteiger partial charge in [0.25, 0.3) is 0 Å². The van der Waals surface area contributed by atoms with Crippen molar-refractivity contribution < 1.29 is 23.8 Å². The van der Waals surface area contributed by atoms with Crippen molar-refractivity contribution in [3.05, 3.63) is 53.4 Å². The number of phenolic OH excluding ortho intramolecular Hbond substituents is 1. The fourth-order valence-electron chi connectivity index (χ4n) is 4.69. The predicted molar refractivity (Wildman–Crippen MR) is 163 cm³/mol. The largest absolute Gasteiger partial charge is 0.507 e. The number of likely N-dealkylation sites (N-methyl/N-ethyl adjacent to an activating group) is 1. The first-order valence-electron chi connectivity index (χ1n) is 13.7. The molecule has 2 heterocycles. The number of hydrogen-bond acceptors (Lipinski definition) is 8. The topological polar surface area (TPSA) is 110 Å². The van der Waals surface area contributed by atoms with Crippen LogP contribution in [0, 0.1) is 5.82 Å². The third kappa shape index (κ3) is 7.67. The standard InChI is InChI=1S/C30H36ClFN6O4/c1-20(40)34-8-13-42-30-28(37-9-6-33-7-10-37)15-22(18-35-30)25-17-23(32)16-24(29(25)41)21-4-5-27(26(31)14-21)38(19-39)12-11-36(2)3/h4-5,14-19,33,41H,6-13H2,1-3H3,(H,34,40). The van der Waals surface area contributed by atoms with Crippen LogP contribution in [0.15, 0.2) is 42.6 Å². The zero-order valence-corrected chi connectivity index (χ0v) is 24.7. The van der Waals surface area contributed by atoms with Gasteiger partial charge in [-0.05, 0) is 50.0 Å². The van der Waals surface area contributed by atoms with Crippen molar-refractivity contribution in [2.45, 2.75) is 6.92 Å². The quantitative estimate of drug-likeness (QED) is 0.215. The van der Waals surface area contributed by atoms with Gasteiger partial charge in [0.05, 0.1) is 17.3 Å². The van der Waals surface area contributed by atoms with Crippen LogP contribution in [-0.4, -0.2) is 93.8 Å². The molecule has 2 amide bonds. The lowest BCUT2D eigenvalue weighted by atomic mass is 9.97. The van der Waals surface area contributed by atoms with Gasteiger partial charge in [0.15, 0.2) is 0 Å². The van der Waals surface area contributed by atoms with Crippen LogP contribution in [-0.2, 0) is 9.59 Å². The Hall–Kier alpha value is -3.93. The molecule has 0 radical (unpaired) electrons. The van der Waals surface area contributed by atoms with Gasteiger partial charge in [-0.2, -0.15) is 0 Å². The molecule has 12 heteroatoms. The number of aromatic hydroxyl groups is 1. The molecule has 0 spiro atoms. The van der Waals surface area contributed by atoms with E-state index in [1.165, 1.54) is 30.2 Å². The Balaban J connectivity index is 1.68. The Kier molecular flexibility index (Phi) is 10.6. The average Bonchev–Trinajstić information content (AvgIpc) is 2.97. The Morgan fingerprint density at radius 2 is 1.88 bits per heavy atom. The summed E-state index contributed by atoms with van der Waals surface area (Å²) in [5.41, 5.74) is 2.75. The second-order valence-electron chi connectivity index (χ2n) is 10.2. The van der Waals surface area contributed by atoms with E-state index in [9.17, 15) is 14.7 Å². The fraction of sp³-hybridized carbons (Fsp3) is 0.367. The fourth-order valence-corrected chi connectivity index (χ4v) is 4.98. The number of halogens is 2. The minimum atomic E-state index is -0.544. The van der Waals surface area contributed by atoms with Crippen molar-refractivity contribution in [3.8, 4) is 33.9 Å². The van der Waals surface area contributed by atoms with Gasteiger partial charge in [0.1, 0.15) is 23.9 Å². The van der Waals surface area contributed by atoms with Gasteiger partial charge in [-0.25, -0.2) is 9.37 Å². The van der Waals surface area contributed by atoms with Crippen LogP contribution < -0.4 is 25.2 Å². The number of ether oxygens (including phenoxy) is 1. The molecular weight excluding hydrogens is 563 g/mol. The molecule has 42 heavy (non-hydrogen) atoms. The summed E-state index contributed by atoms with van der Waals surface area (Å²) in [5.74, 6) is -0.438. The molecule has 3 N–H and O–H groups in total. The number of phenols is 1. The van der Waals surface area contributed by atoms with E-state index in [1.807, 2.05) is 25.1 Å². The molecule has 224 valence electrons. The molecular formula is C30H36ClFN6O4. The maximum Gasteiger partial charge on any atom is 0.237 e. The van der Waals surface area contributed by atoms with Crippen molar-refractivity contribution in [2.24, 2.45) is 0 Å². The number of pyridine rings is 1. The number of nitrogens with one attached hydrogen (secondary N) is 2. The number of piperazine rings is 1. The zero-order chi connectivity index (χ0) is 30.2.